The van der Waals surface area contributed by atoms with E-state index in [1.807, 2.05) is 0 Å². The van der Waals surface area contributed by atoms with Crippen molar-refractivity contribution in [2.45, 2.75) is 197 Å². The summed E-state index contributed by atoms with van der Waals surface area (Å²) in [6, 6.07) is 0. The van der Waals surface area contributed by atoms with Crippen LogP contribution in [0.2, 0.25) is 0 Å². The fourth-order valence-electron chi connectivity index (χ4n) is 5.29. The van der Waals surface area contributed by atoms with Gasteiger partial charge in [0.2, 0.25) is 0 Å². The number of aliphatic carboxylic acids is 2. The molecule has 56 heavy (non-hydrogen) atoms. The van der Waals surface area contributed by atoms with Gasteiger partial charge in [-0.25, -0.2) is 0 Å². The van der Waals surface area contributed by atoms with Crippen LogP contribution in [0.1, 0.15) is 186 Å². The molecule has 0 bridgehead atoms. The molecule has 0 atom stereocenters. The van der Waals surface area contributed by atoms with Crippen molar-refractivity contribution in [2.75, 3.05) is 52.4 Å². The normalized spacial score (nSPS) is 10.1. The Morgan fingerprint density at radius 2 is 0.464 bits per heavy atom. The molecule has 0 rings (SSSR count). The third kappa shape index (κ3) is 55.8. The number of nitrogens with zero attached hydrogens (tertiary/aromatic N) is 2. The Morgan fingerprint density at radius 1 is 0.375 bits per heavy atom. The molecule has 350 valence electrons. The molecular weight excluding hydrogens is 802 g/mol. The summed E-state index contributed by atoms with van der Waals surface area (Å²) in [5.41, 5.74) is -3.89. The maximum Gasteiger partial charge on any atom is 0.0786 e. The molecule has 0 aromatic heterocycles. The first-order chi connectivity index (χ1) is 22.4. The summed E-state index contributed by atoms with van der Waals surface area (Å²) in [7, 11) is 0. The van der Waals surface area contributed by atoms with Gasteiger partial charge in [-0.1, -0.05) is 146 Å². The Morgan fingerprint density at radius 3 is 0.518 bits per heavy atom. The van der Waals surface area contributed by atoms with E-state index in [1.54, 1.807) is 0 Å². The first-order valence-electron chi connectivity index (χ1n) is 19.9. The smallest absolute Gasteiger partial charge is 0.0786 e. The minimum atomic E-state index is -1.94. The van der Waals surface area contributed by atoms with E-state index in [4.69, 9.17) is 0 Å². The van der Waals surface area contributed by atoms with Crippen molar-refractivity contribution in [3.05, 3.63) is 0 Å². The molecule has 0 spiro atoms. The van der Waals surface area contributed by atoms with Gasteiger partial charge in [-0.2, -0.15) is 0 Å². The van der Waals surface area contributed by atoms with E-state index in [9.17, 15) is 30.0 Å². The second-order valence-corrected chi connectivity index (χ2v) is 14.9. The number of rotatable bonds is 26. The molecule has 0 aliphatic carbocycles. The third-order valence-corrected chi connectivity index (χ3v) is 8.87. The van der Waals surface area contributed by atoms with Crippen LogP contribution in [0.15, 0.2) is 0 Å². The number of hydrogen-bond acceptors (Lipinski definition) is 6. The van der Waals surface area contributed by atoms with Gasteiger partial charge in [0, 0.05) is 49.0 Å². The van der Waals surface area contributed by atoms with E-state index in [2.05, 4.69) is 55.4 Å². The zero-order valence-corrected chi connectivity index (χ0v) is 40.6. The van der Waals surface area contributed by atoms with E-state index < -0.39 is 23.1 Å². The van der Waals surface area contributed by atoms with Gasteiger partial charge < -0.3 is 71.8 Å². The van der Waals surface area contributed by atoms with E-state index in [-0.39, 0.29) is 70.0 Å². The summed E-state index contributed by atoms with van der Waals surface area (Å²) in [6.07, 6.45) is 22.1. The Hall–Kier alpha value is -0.291. The number of unbranched alkanes of at least 4 members (excludes halogenated alkanes) is 8. The molecule has 14 nitrogen and oxygen atoms in total. The van der Waals surface area contributed by atoms with Gasteiger partial charge in [-0.15, -0.1) is 0 Å². The SMILES string of the molecule is CC(C)([O-])C(=O)[O-].CC(C)([O-])C(=O)[O-].CCCC[N+](CCCC)(CCCC)CCCC.CCCC[N+](CCCC)(CCCC)CCCC.O.O.[O-2].[O-2].[O-2].[O-2].[V].[V]. The zero-order chi connectivity index (χ0) is 38.1. The summed E-state index contributed by atoms with van der Waals surface area (Å²) < 4.78 is 2.84. The van der Waals surface area contributed by atoms with Crippen molar-refractivity contribution in [1.29, 1.82) is 0 Å². The van der Waals surface area contributed by atoms with E-state index >= 15 is 0 Å². The molecule has 2 radical (unpaired) electrons. The number of carbonyl (C=O) groups is 2. The Labute approximate surface area is 368 Å². The molecule has 0 aliphatic heterocycles. The zero-order valence-electron chi connectivity index (χ0n) is 37.8. The van der Waals surface area contributed by atoms with Gasteiger partial charge in [-0.3, -0.25) is 0 Å². The number of quaternary nitrogens is 2. The molecule has 0 aromatic rings. The van der Waals surface area contributed by atoms with Crippen LogP contribution in [0, 0.1) is 0 Å². The van der Waals surface area contributed by atoms with Crippen molar-refractivity contribution < 1.29 is 109 Å². The van der Waals surface area contributed by atoms with Crippen molar-refractivity contribution in [3.63, 3.8) is 0 Å². The Bertz CT molecular complexity index is 608. The predicted molar refractivity (Wildman–Crippen MR) is 207 cm³/mol. The van der Waals surface area contributed by atoms with Crippen molar-refractivity contribution in [1.82, 2.24) is 0 Å². The molecule has 0 fully saturated rings. The Balaban J connectivity index is -0.0000000469. The van der Waals surface area contributed by atoms with Gasteiger partial charge in [-0.05, 0) is 51.4 Å². The van der Waals surface area contributed by atoms with Crippen molar-refractivity contribution in [2.24, 2.45) is 0 Å². The van der Waals surface area contributed by atoms with Crippen LogP contribution in [-0.2, 0) is 68.6 Å². The van der Waals surface area contributed by atoms with Crippen LogP contribution in [-0.4, -0.2) is 95.4 Å². The second-order valence-electron chi connectivity index (χ2n) is 14.9. The quantitative estimate of drug-likeness (QED) is 0.117. The van der Waals surface area contributed by atoms with Crippen LogP contribution in [0.25, 0.3) is 0 Å². The monoisotopic (exact) mass is 891 g/mol. The fraction of sp³-hybridized carbons (Fsp3) is 0.950. The van der Waals surface area contributed by atoms with Crippen LogP contribution < -0.4 is 20.4 Å². The molecule has 0 aliphatic rings. The minimum Gasteiger partial charge on any atom is -2.00 e. The van der Waals surface area contributed by atoms with Crippen LogP contribution in [0.3, 0.4) is 0 Å². The topological polar surface area (TPSA) is 303 Å². The first-order valence-corrected chi connectivity index (χ1v) is 19.9. The number of hydrogen-bond donors (Lipinski definition) is 0. The van der Waals surface area contributed by atoms with Gasteiger partial charge in [0.15, 0.2) is 0 Å². The maximum absolute atomic E-state index is 10.1. The summed E-state index contributed by atoms with van der Waals surface area (Å²) in [5.74, 6) is -3.12. The van der Waals surface area contributed by atoms with E-state index in [0.29, 0.717) is 0 Å². The maximum atomic E-state index is 10.1. The molecule has 0 aromatic carbocycles. The van der Waals surface area contributed by atoms with Crippen LogP contribution >= 0.6 is 0 Å². The van der Waals surface area contributed by atoms with Crippen LogP contribution in [0.4, 0.5) is 0 Å². The number of carbonyl (C=O) groups excluding carboxylic acids is 2. The molecule has 4 N–H and O–H groups in total. The van der Waals surface area contributed by atoms with Gasteiger partial charge in [0.05, 0.1) is 52.4 Å². The Kier molecular flexibility index (Phi) is 85.3. The molecule has 0 saturated carbocycles. The predicted octanol–water partition coefficient (Wildman–Crippen LogP) is 3.63. The fourth-order valence-corrected chi connectivity index (χ4v) is 5.29. The van der Waals surface area contributed by atoms with E-state index in [1.165, 1.54) is 164 Å². The molecule has 16 heteroatoms. The summed E-state index contributed by atoms with van der Waals surface area (Å²) >= 11 is 0. The molecule has 0 heterocycles. The second kappa shape index (κ2) is 54.7. The van der Waals surface area contributed by atoms with Gasteiger partial charge in [0.25, 0.3) is 0 Å². The summed E-state index contributed by atoms with van der Waals surface area (Å²) in [4.78, 5) is 19.2. The van der Waals surface area contributed by atoms with Crippen molar-refractivity contribution >= 4 is 11.9 Å². The largest absolute Gasteiger partial charge is 2.00 e. The third-order valence-electron chi connectivity index (χ3n) is 8.87. The standard InChI is InChI=1S/2C16H36N.2C4H7O3.2H2O.4O.2V/c2*1-5-9-13-17(14-10-6-2,15-11-7-3)16-12-8-4;2*1-4(2,7)3(5)6;;;;;;;;/h2*5-16H2,1-4H3;2*1-2H3,(H,5,6);2*1H2;;;;;;/q2*+1;2*-1;;;4*-2;;/p-2. The molecule has 0 unspecified atom stereocenters. The van der Waals surface area contributed by atoms with Gasteiger partial charge >= 0.3 is 0 Å². The van der Waals surface area contributed by atoms with Gasteiger partial charge in [0.1, 0.15) is 0 Å². The average Bonchev–Trinajstić information content (AvgIpc) is 3.03. The molecular formula is C40H88N2O12V2-10. The first kappa shape index (κ1) is 87.3. The number of carboxylic acid groups (broad SMARTS) is 2. The average molecular weight is 891 g/mol. The minimum absolute atomic E-state index is 0. The summed E-state index contributed by atoms with van der Waals surface area (Å²) in [5, 5.41) is 39.5. The molecule has 0 amide bonds. The summed E-state index contributed by atoms with van der Waals surface area (Å²) in [6.45, 7) is 34.2. The number of carboxylic acids is 2. The van der Waals surface area contributed by atoms with Crippen molar-refractivity contribution in [3.8, 4) is 0 Å². The van der Waals surface area contributed by atoms with E-state index in [0.717, 1.165) is 27.7 Å². The van der Waals surface area contributed by atoms with Crippen LogP contribution in [0.5, 0.6) is 0 Å². The molecule has 0 saturated heterocycles.